The minimum atomic E-state index is 0.0736. The maximum atomic E-state index is 11.6. The Hall–Kier alpha value is -1.00. The zero-order chi connectivity index (χ0) is 12.5. The molecule has 0 aliphatic rings. The molecule has 0 saturated carbocycles. The summed E-state index contributed by atoms with van der Waals surface area (Å²) in [7, 11) is 0. The SMILES string of the molecule is CC(N)CCSCCC(=O)Nc1ccccc1. The van der Waals surface area contributed by atoms with Gasteiger partial charge in [0.1, 0.15) is 0 Å². The standard InChI is InChI=1S/C13H20N2OS/c1-11(14)7-9-17-10-8-13(16)15-12-5-3-2-4-6-12/h2-6,11H,7-10,14H2,1H3,(H,15,16). The fourth-order valence-electron chi connectivity index (χ4n) is 1.28. The van der Waals surface area contributed by atoms with E-state index in [1.807, 2.05) is 37.3 Å². The van der Waals surface area contributed by atoms with Crippen LogP contribution in [0.25, 0.3) is 0 Å². The van der Waals surface area contributed by atoms with Crippen molar-refractivity contribution in [3.05, 3.63) is 30.3 Å². The van der Waals surface area contributed by atoms with Gasteiger partial charge in [-0.05, 0) is 31.2 Å². The lowest BCUT2D eigenvalue weighted by Crippen LogP contribution is -2.16. The number of benzene rings is 1. The summed E-state index contributed by atoms with van der Waals surface area (Å²) in [6.07, 6.45) is 1.56. The highest BCUT2D eigenvalue weighted by Gasteiger charge is 2.02. The maximum Gasteiger partial charge on any atom is 0.225 e. The van der Waals surface area contributed by atoms with Crippen molar-refractivity contribution < 1.29 is 4.79 Å². The highest BCUT2D eigenvalue weighted by atomic mass is 32.2. The molecule has 1 aromatic carbocycles. The molecule has 0 radical (unpaired) electrons. The Morgan fingerprint density at radius 1 is 1.35 bits per heavy atom. The average molecular weight is 252 g/mol. The second-order valence-electron chi connectivity index (χ2n) is 4.04. The number of nitrogens with two attached hydrogens (primary N) is 1. The molecule has 1 unspecified atom stereocenters. The number of amides is 1. The Kier molecular flexibility index (Phi) is 6.74. The van der Waals surface area contributed by atoms with E-state index in [1.165, 1.54) is 0 Å². The van der Waals surface area contributed by atoms with E-state index in [2.05, 4.69) is 5.32 Å². The van der Waals surface area contributed by atoms with Gasteiger partial charge in [-0.25, -0.2) is 0 Å². The number of hydrogen-bond donors (Lipinski definition) is 2. The van der Waals surface area contributed by atoms with Crippen molar-refractivity contribution in [2.24, 2.45) is 5.73 Å². The van der Waals surface area contributed by atoms with Gasteiger partial charge in [0.05, 0.1) is 0 Å². The van der Waals surface area contributed by atoms with Crippen LogP contribution in [0.5, 0.6) is 0 Å². The number of hydrogen-bond acceptors (Lipinski definition) is 3. The fourth-order valence-corrected chi connectivity index (χ4v) is 2.35. The Balaban J connectivity index is 2.10. The van der Waals surface area contributed by atoms with Gasteiger partial charge in [-0.1, -0.05) is 18.2 Å². The van der Waals surface area contributed by atoms with Gasteiger partial charge in [0.2, 0.25) is 5.91 Å². The van der Waals surface area contributed by atoms with Crippen LogP contribution in [0.15, 0.2) is 30.3 Å². The third-order valence-electron chi connectivity index (χ3n) is 2.25. The van der Waals surface area contributed by atoms with Crippen molar-refractivity contribution in [1.29, 1.82) is 0 Å². The van der Waals surface area contributed by atoms with Gasteiger partial charge in [0, 0.05) is 23.9 Å². The van der Waals surface area contributed by atoms with Crippen LogP contribution in [0.3, 0.4) is 0 Å². The Morgan fingerprint density at radius 2 is 2.06 bits per heavy atom. The largest absolute Gasteiger partial charge is 0.328 e. The highest BCUT2D eigenvalue weighted by Crippen LogP contribution is 2.09. The first-order valence-electron chi connectivity index (χ1n) is 5.86. The molecule has 1 rings (SSSR count). The maximum absolute atomic E-state index is 11.6. The molecule has 1 aromatic rings. The molecule has 17 heavy (non-hydrogen) atoms. The molecule has 0 spiro atoms. The number of nitrogens with one attached hydrogen (secondary N) is 1. The van der Waals surface area contributed by atoms with Gasteiger partial charge in [-0.3, -0.25) is 4.79 Å². The molecule has 3 N–H and O–H groups in total. The highest BCUT2D eigenvalue weighted by molar-refractivity contribution is 7.99. The van der Waals surface area contributed by atoms with Gasteiger partial charge < -0.3 is 11.1 Å². The smallest absolute Gasteiger partial charge is 0.225 e. The van der Waals surface area contributed by atoms with Gasteiger partial charge in [-0.2, -0.15) is 11.8 Å². The summed E-state index contributed by atoms with van der Waals surface area (Å²) in [6, 6.07) is 9.78. The minimum absolute atomic E-state index is 0.0736. The summed E-state index contributed by atoms with van der Waals surface area (Å²) in [5, 5.41) is 2.86. The van der Waals surface area contributed by atoms with E-state index in [4.69, 9.17) is 5.73 Å². The molecule has 0 heterocycles. The second-order valence-corrected chi connectivity index (χ2v) is 5.27. The Labute approximate surface area is 107 Å². The van der Waals surface area contributed by atoms with E-state index in [0.717, 1.165) is 23.6 Å². The lowest BCUT2D eigenvalue weighted by molar-refractivity contribution is -0.115. The van der Waals surface area contributed by atoms with Crippen molar-refractivity contribution in [3.63, 3.8) is 0 Å². The zero-order valence-corrected chi connectivity index (χ0v) is 11.0. The van der Waals surface area contributed by atoms with Crippen LogP contribution in [0, 0.1) is 0 Å². The summed E-state index contributed by atoms with van der Waals surface area (Å²) in [6.45, 7) is 2.00. The van der Waals surface area contributed by atoms with Gasteiger partial charge >= 0.3 is 0 Å². The zero-order valence-electron chi connectivity index (χ0n) is 10.2. The summed E-state index contributed by atoms with van der Waals surface area (Å²) < 4.78 is 0. The molecule has 4 heteroatoms. The first-order chi connectivity index (χ1) is 8.18. The van der Waals surface area contributed by atoms with E-state index >= 15 is 0 Å². The van der Waals surface area contributed by atoms with Crippen LogP contribution in [0.2, 0.25) is 0 Å². The summed E-state index contributed by atoms with van der Waals surface area (Å²) in [5.41, 5.74) is 6.50. The van der Waals surface area contributed by atoms with Gasteiger partial charge in [-0.15, -0.1) is 0 Å². The van der Waals surface area contributed by atoms with E-state index in [9.17, 15) is 4.79 Å². The normalized spacial score (nSPS) is 12.1. The Bertz CT molecular complexity index is 327. The lowest BCUT2D eigenvalue weighted by atomic mass is 10.3. The molecular formula is C13H20N2OS. The molecule has 0 fully saturated rings. The molecule has 0 aliphatic carbocycles. The lowest BCUT2D eigenvalue weighted by Gasteiger charge is -2.06. The summed E-state index contributed by atoms with van der Waals surface area (Å²) >= 11 is 1.78. The third-order valence-corrected chi connectivity index (χ3v) is 3.27. The minimum Gasteiger partial charge on any atom is -0.328 e. The third kappa shape index (κ3) is 7.02. The molecular weight excluding hydrogens is 232 g/mol. The average Bonchev–Trinajstić information content (AvgIpc) is 2.29. The van der Waals surface area contributed by atoms with Crippen molar-refractivity contribution in [2.45, 2.75) is 25.8 Å². The van der Waals surface area contributed by atoms with Crippen molar-refractivity contribution >= 4 is 23.4 Å². The number of anilines is 1. The van der Waals surface area contributed by atoms with Gasteiger partial charge in [0.25, 0.3) is 0 Å². The number of para-hydroxylation sites is 1. The number of carbonyl (C=O) groups excluding carboxylic acids is 1. The quantitative estimate of drug-likeness (QED) is 0.733. The van der Waals surface area contributed by atoms with Gasteiger partial charge in [0.15, 0.2) is 0 Å². The summed E-state index contributed by atoms with van der Waals surface area (Å²) in [4.78, 5) is 11.6. The summed E-state index contributed by atoms with van der Waals surface area (Å²) in [5.74, 6) is 1.95. The first-order valence-corrected chi connectivity index (χ1v) is 7.02. The fraction of sp³-hybridized carbons (Fsp3) is 0.462. The second kappa shape index (κ2) is 8.14. The Morgan fingerprint density at radius 3 is 2.71 bits per heavy atom. The van der Waals surface area contributed by atoms with Crippen LogP contribution in [0.4, 0.5) is 5.69 Å². The van der Waals surface area contributed by atoms with Crippen LogP contribution in [-0.4, -0.2) is 23.5 Å². The molecule has 1 atom stereocenters. The molecule has 3 nitrogen and oxygen atoms in total. The number of carbonyl (C=O) groups is 1. The molecule has 0 bridgehead atoms. The monoisotopic (exact) mass is 252 g/mol. The number of rotatable bonds is 7. The molecule has 0 aliphatic heterocycles. The molecule has 94 valence electrons. The number of thioether (sulfide) groups is 1. The van der Waals surface area contributed by atoms with Crippen molar-refractivity contribution in [3.8, 4) is 0 Å². The van der Waals surface area contributed by atoms with Crippen molar-refractivity contribution in [1.82, 2.24) is 0 Å². The molecule has 1 amide bonds. The molecule has 0 saturated heterocycles. The van der Waals surface area contributed by atoms with E-state index in [-0.39, 0.29) is 11.9 Å². The van der Waals surface area contributed by atoms with Crippen LogP contribution < -0.4 is 11.1 Å². The predicted molar refractivity (Wildman–Crippen MR) is 75.3 cm³/mol. The predicted octanol–water partition coefficient (Wildman–Crippen LogP) is 2.49. The van der Waals surface area contributed by atoms with E-state index < -0.39 is 0 Å². The van der Waals surface area contributed by atoms with Crippen LogP contribution in [0.1, 0.15) is 19.8 Å². The van der Waals surface area contributed by atoms with E-state index in [1.54, 1.807) is 11.8 Å². The first kappa shape index (κ1) is 14.1. The van der Waals surface area contributed by atoms with Crippen molar-refractivity contribution in [2.75, 3.05) is 16.8 Å². The van der Waals surface area contributed by atoms with Crippen LogP contribution >= 0.6 is 11.8 Å². The topological polar surface area (TPSA) is 55.1 Å². The molecule has 0 aromatic heterocycles. The van der Waals surface area contributed by atoms with Crippen LogP contribution in [-0.2, 0) is 4.79 Å². The van der Waals surface area contributed by atoms with E-state index in [0.29, 0.717) is 6.42 Å².